The zero-order chi connectivity index (χ0) is 14.1. The molecule has 0 unspecified atom stereocenters. The number of esters is 2. The van der Waals surface area contributed by atoms with Gasteiger partial charge in [0.15, 0.2) is 0 Å². The average Bonchev–Trinajstić information content (AvgIpc) is 2.32. The van der Waals surface area contributed by atoms with Crippen LogP contribution in [0.3, 0.4) is 0 Å². The maximum absolute atomic E-state index is 12.0. The van der Waals surface area contributed by atoms with Crippen LogP contribution in [0.5, 0.6) is 0 Å². The fourth-order valence-electron chi connectivity index (χ4n) is 2.37. The minimum Gasteiger partial charge on any atom is -0.464 e. The second kappa shape index (κ2) is 8.91. The summed E-state index contributed by atoms with van der Waals surface area (Å²) in [5.41, 5.74) is 0. The fourth-order valence-corrected chi connectivity index (χ4v) is 2.37. The molecule has 19 heavy (non-hydrogen) atoms. The highest BCUT2D eigenvalue weighted by Gasteiger charge is 2.35. The number of carbonyl (C=O) groups is 2. The highest BCUT2D eigenvalue weighted by Crippen LogP contribution is 2.14. The molecule has 0 saturated carbocycles. The Morgan fingerprint density at radius 1 is 0.895 bits per heavy atom. The summed E-state index contributed by atoms with van der Waals surface area (Å²) < 4.78 is 10.0. The van der Waals surface area contributed by atoms with Crippen molar-refractivity contribution in [1.82, 2.24) is 4.90 Å². The maximum atomic E-state index is 12.0. The van der Waals surface area contributed by atoms with Crippen molar-refractivity contribution < 1.29 is 19.1 Å². The lowest BCUT2D eigenvalue weighted by atomic mass is 10.1. The smallest absolute Gasteiger partial charge is 0.335 e. The van der Waals surface area contributed by atoms with Gasteiger partial charge in [0.05, 0.1) is 13.2 Å². The molecule has 5 heteroatoms. The third kappa shape index (κ3) is 5.19. The molecule has 1 rings (SSSR count). The molecule has 1 saturated heterocycles. The number of rotatable bonds is 5. The molecule has 0 atom stereocenters. The van der Waals surface area contributed by atoms with Crippen molar-refractivity contribution in [3.8, 4) is 0 Å². The molecule has 1 heterocycles. The number of likely N-dealkylation sites (tertiary alicyclic amines) is 1. The van der Waals surface area contributed by atoms with Crippen LogP contribution in [0.4, 0.5) is 0 Å². The van der Waals surface area contributed by atoms with Crippen LogP contribution in [-0.2, 0) is 19.1 Å². The van der Waals surface area contributed by atoms with E-state index >= 15 is 0 Å². The van der Waals surface area contributed by atoms with Crippen molar-refractivity contribution in [2.75, 3.05) is 26.3 Å². The molecule has 0 amide bonds. The van der Waals surface area contributed by atoms with Gasteiger partial charge in [0, 0.05) is 0 Å². The molecular weight excluding hydrogens is 246 g/mol. The summed E-state index contributed by atoms with van der Waals surface area (Å²) in [4.78, 5) is 25.9. The van der Waals surface area contributed by atoms with Gasteiger partial charge in [-0.3, -0.25) is 4.90 Å². The van der Waals surface area contributed by atoms with E-state index in [0.717, 1.165) is 38.8 Å². The molecule has 5 nitrogen and oxygen atoms in total. The number of hydrogen-bond donors (Lipinski definition) is 0. The Hall–Kier alpha value is -1.10. The summed E-state index contributed by atoms with van der Waals surface area (Å²) >= 11 is 0. The quantitative estimate of drug-likeness (QED) is 0.563. The van der Waals surface area contributed by atoms with Crippen LogP contribution in [0.15, 0.2) is 0 Å². The van der Waals surface area contributed by atoms with Gasteiger partial charge in [-0.15, -0.1) is 0 Å². The molecule has 110 valence electrons. The van der Waals surface area contributed by atoms with Gasteiger partial charge in [-0.25, -0.2) is 9.59 Å². The summed E-state index contributed by atoms with van der Waals surface area (Å²) in [7, 11) is 0. The Morgan fingerprint density at radius 2 is 1.32 bits per heavy atom. The lowest BCUT2D eigenvalue weighted by Crippen LogP contribution is -2.49. The van der Waals surface area contributed by atoms with E-state index < -0.39 is 18.0 Å². The lowest BCUT2D eigenvalue weighted by molar-refractivity contribution is -0.163. The van der Waals surface area contributed by atoms with Gasteiger partial charge in [0.2, 0.25) is 6.04 Å². The summed E-state index contributed by atoms with van der Waals surface area (Å²) in [6.45, 7) is 5.55. The third-order valence-electron chi connectivity index (χ3n) is 3.28. The van der Waals surface area contributed by atoms with Gasteiger partial charge in [-0.2, -0.15) is 0 Å². The third-order valence-corrected chi connectivity index (χ3v) is 3.28. The molecular formula is C14H25NO4. The van der Waals surface area contributed by atoms with Crippen LogP contribution in [0, 0.1) is 0 Å². The summed E-state index contributed by atoms with van der Waals surface area (Å²) in [5, 5.41) is 0. The van der Waals surface area contributed by atoms with Crippen LogP contribution < -0.4 is 0 Å². The zero-order valence-corrected chi connectivity index (χ0v) is 12.0. The number of carbonyl (C=O) groups excluding carboxylic acids is 2. The van der Waals surface area contributed by atoms with Crippen LogP contribution in [0.1, 0.15) is 46.0 Å². The molecule has 0 radical (unpaired) electrons. The lowest BCUT2D eigenvalue weighted by Gasteiger charge is -2.29. The molecule has 0 aromatic rings. The molecule has 0 spiro atoms. The van der Waals surface area contributed by atoms with E-state index in [4.69, 9.17) is 9.47 Å². The molecule has 0 aliphatic carbocycles. The Balaban J connectivity index is 2.74. The van der Waals surface area contributed by atoms with Crippen molar-refractivity contribution in [2.24, 2.45) is 0 Å². The SMILES string of the molecule is CCOC(=O)C(C(=O)OCC)N1CCCCCCC1. The van der Waals surface area contributed by atoms with Gasteiger partial charge >= 0.3 is 11.9 Å². The van der Waals surface area contributed by atoms with E-state index in [1.165, 1.54) is 6.42 Å². The number of ether oxygens (including phenoxy) is 2. The Labute approximate surface area is 115 Å². The second-order valence-electron chi connectivity index (χ2n) is 4.71. The topological polar surface area (TPSA) is 55.8 Å². The van der Waals surface area contributed by atoms with E-state index in [2.05, 4.69) is 0 Å². The number of nitrogens with zero attached hydrogens (tertiary/aromatic N) is 1. The molecule has 1 fully saturated rings. The van der Waals surface area contributed by atoms with Crippen molar-refractivity contribution >= 4 is 11.9 Å². The van der Waals surface area contributed by atoms with Gasteiger partial charge in [0.1, 0.15) is 0 Å². The first kappa shape index (κ1) is 16.0. The first-order valence-corrected chi connectivity index (χ1v) is 7.28. The molecule has 1 aliphatic rings. The van der Waals surface area contributed by atoms with Crippen LogP contribution in [0.25, 0.3) is 0 Å². The minimum atomic E-state index is -0.891. The van der Waals surface area contributed by atoms with Crippen molar-refractivity contribution in [3.63, 3.8) is 0 Å². The molecule has 0 aromatic heterocycles. The normalized spacial score (nSPS) is 17.6. The summed E-state index contributed by atoms with van der Waals surface area (Å²) in [6, 6.07) is -0.891. The van der Waals surface area contributed by atoms with E-state index in [1.807, 2.05) is 4.90 Å². The monoisotopic (exact) mass is 271 g/mol. The maximum Gasteiger partial charge on any atom is 0.335 e. The van der Waals surface area contributed by atoms with E-state index in [1.54, 1.807) is 13.8 Å². The highest BCUT2D eigenvalue weighted by molar-refractivity contribution is 5.99. The standard InChI is InChI=1S/C14H25NO4/c1-3-18-13(16)12(14(17)19-4-2)15-10-8-6-5-7-9-11-15/h12H,3-11H2,1-2H3. The molecule has 0 N–H and O–H groups in total. The predicted octanol–water partition coefficient (Wildman–Crippen LogP) is 1.75. The van der Waals surface area contributed by atoms with E-state index in [-0.39, 0.29) is 13.2 Å². The minimum absolute atomic E-state index is 0.280. The van der Waals surface area contributed by atoms with Crippen molar-refractivity contribution in [1.29, 1.82) is 0 Å². The zero-order valence-electron chi connectivity index (χ0n) is 12.0. The Morgan fingerprint density at radius 3 is 1.74 bits per heavy atom. The molecule has 1 aliphatic heterocycles. The van der Waals surface area contributed by atoms with Crippen LogP contribution in [-0.4, -0.2) is 49.2 Å². The molecule has 0 bridgehead atoms. The van der Waals surface area contributed by atoms with Gasteiger partial charge in [-0.05, 0) is 39.8 Å². The first-order chi connectivity index (χ1) is 9.20. The van der Waals surface area contributed by atoms with Crippen molar-refractivity contribution in [3.05, 3.63) is 0 Å². The predicted molar refractivity (Wildman–Crippen MR) is 71.7 cm³/mol. The van der Waals surface area contributed by atoms with Crippen molar-refractivity contribution in [2.45, 2.75) is 52.0 Å². The first-order valence-electron chi connectivity index (χ1n) is 7.28. The fraction of sp³-hybridized carbons (Fsp3) is 0.857. The molecule has 0 aromatic carbocycles. The second-order valence-corrected chi connectivity index (χ2v) is 4.71. The van der Waals surface area contributed by atoms with Gasteiger partial charge < -0.3 is 9.47 Å². The van der Waals surface area contributed by atoms with Gasteiger partial charge in [0.25, 0.3) is 0 Å². The Bertz CT molecular complexity index is 267. The summed E-state index contributed by atoms with van der Waals surface area (Å²) in [5.74, 6) is -0.969. The largest absolute Gasteiger partial charge is 0.464 e. The Kier molecular flexibility index (Phi) is 7.48. The average molecular weight is 271 g/mol. The van der Waals surface area contributed by atoms with Gasteiger partial charge in [-0.1, -0.05) is 19.3 Å². The van der Waals surface area contributed by atoms with Crippen LogP contribution in [0.2, 0.25) is 0 Å². The highest BCUT2D eigenvalue weighted by atomic mass is 16.6. The number of hydrogen-bond acceptors (Lipinski definition) is 5. The summed E-state index contributed by atoms with van der Waals surface area (Å²) in [6.07, 6.45) is 5.55. The van der Waals surface area contributed by atoms with E-state index in [9.17, 15) is 9.59 Å². The van der Waals surface area contributed by atoms with Crippen LogP contribution >= 0.6 is 0 Å². The van der Waals surface area contributed by atoms with E-state index in [0.29, 0.717) is 0 Å².